The van der Waals surface area contributed by atoms with Gasteiger partial charge in [0.2, 0.25) is 5.91 Å². The topological polar surface area (TPSA) is 53.4 Å². The first-order valence-corrected chi connectivity index (χ1v) is 12.1. The molecule has 4 nitrogen and oxygen atoms in total. The number of carbonyl (C=O) groups excluding carboxylic acids is 1. The van der Waals surface area contributed by atoms with Crippen molar-refractivity contribution in [1.82, 2.24) is 4.98 Å². The van der Waals surface area contributed by atoms with E-state index in [0.717, 1.165) is 61.2 Å². The van der Waals surface area contributed by atoms with Gasteiger partial charge in [0.15, 0.2) is 0 Å². The van der Waals surface area contributed by atoms with Crippen molar-refractivity contribution >= 4 is 22.9 Å². The molecule has 167 valence electrons. The smallest absolute Gasteiger partial charge is 0.232 e. The van der Waals surface area contributed by atoms with Crippen LogP contribution >= 0.6 is 11.3 Å². The Bertz CT molecular complexity index is 838. The fourth-order valence-corrected chi connectivity index (χ4v) is 4.82. The first-order valence-electron chi connectivity index (χ1n) is 11.3. The summed E-state index contributed by atoms with van der Waals surface area (Å²) in [6.07, 6.45) is 7.90. The SMILES string of the molecule is CCC1CCC(O)c2ccc(N(CCCCc3nc[c-]s3)C(=O)C(C)(C)CC)cc21.[Y]. The largest absolute Gasteiger partial charge is 0.388 e. The summed E-state index contributed by atoms with van der Waals surface area (Å²) in [6.45, 7) is 9.05. The van der Waals surface area contributed by atoms with Gasteiger partial charge in [-0.2, -0.15) is 5.38 Å². The molecule has 1 heterocycles. The second-order valence-electron chi connectivity index (χ2n) is 9.03. The predicted molar refractivity (Wildman–Crippen MR) is 124 cm³/mol. The number of unbranched alkanes of at least 4 members (excludes halogenated alkanes) is 1. The number of hydrogen-bond acceptors (Lipinski definition) is 4. The number of fused-ring (bicyclic) bond motifs is 1. The van der Waals surface area contributed by atoms with Crippen LogP contribution in [-0.4, -0.2) is 22.5 Å². The van der Waals surface area contributed by atoms with E-state index >= 15 is 0 Å². The van der Waals surface area contributed by atoms with Gasteiger partial charge in [0, 0.05) is 50.4 Å². The summed E-state index contributed by atoms with van der Waals surface area (Å²) < 4.78 is 0. The maximum atomic E-state index is 13.5. The Morgan fingerprint density at radius 3 is 2.68 bits per heavy atom. The fraction of sp³-hybridized carbons (Fsp3) is 0.600. The minimum absolute atomic E-state index is 0. The molecule has 2 atom stereocenters. The number of aromatic nitrogens is 1. The predicted octanol–water partition coefficient (Wildman–Crippen LogP) is 6.05. The van der Waals surface area contributed by atoms with E-state index in [1.165, 1.54) is 5.56 Å². The van der Waals surface area contributed by atoms with Gasteiger partial charge >= 0.3 is 0 Å². The van der Waals surface area contributed by atoms with Gasteiger partial charge in [-0.3, -0.25) is 4.79 Å². The summed E-state index contributed by atoms with van der Waals surface area (Å²) in [4.78, 5) is 19.8. The van der Waals surface area contributed by atoms with Gasteiger partial charge in [-0.15, -0.1) is 0 Å². The maximum absolute atomic E-state index is 13.5. The van der Waals surface area contributed by atoms with Gasteiger partial charge in [0.25, 0.3) is 0 Å². The van der Waals surface area contributed by atoms with Crippen molar-refractivity contribution in [1.29, 1.82) is 0 Å². The minimum atomic E-state index is -0.399. The number of hydrogen-bond donors (Lipinski definition) is 1. The Labute approximate surface area is 216 Å². The van der Waals surface area contributed by atoms with E-state index in [1.807, 2.05) is 30.9 Å². The van der Waals surface area contributed by atoms with Crippen LogP contribution in [0.4, 0.5) is 5.69 Å². The van der Waals surface area contributed by atoms with Gasteiger partial charge in [0.05, 0.1) is 6.10 Å². The standard InChI is InChI=1S/C25H35N2O2S.Y/c1-5-18-10-13-22(28)20-12-11-19(17-21(18)20)27(24(29)25(3,4)6-2)15-8-7-9-23-26-14-16-30-23;/h11-12,14,17-18,22,28H,5-10,13,15H2,1-4H3;/q-1;. The van der Waals surface area contributed by atoms with Crippen LogP contribution in [0.5, 0.6) is 0 Å². The van der Waals surface area contributed by atoms with E-state index in [-0.39, 0.29) is 44.7 Å². The molecule has 31 heavy (non-hydrogen) atoms. The molecule has 0 saturated carbocycles. The normalized spacial score (nSPS) is 18.2. The number of aliphatic hydroxyl groups is 1. The zero-order valence-electron chi connectivity index (χ0n) is 19.4. The maximum Gasteiger partial charge on any atom is 0.232 e. The number of nitrogens with zero attached hydrogens (tertiary/aromatic N) is 2. The van der Waals surface area contributed by atoms with Gasteiger partial charge in [0.1, 0.15) is 0 Å². The number of anilines is 1. The van der Waals surface area contributed by atoms with Gasteiger partial charge in [-0.1, -0.05) is 57.8 Å². The molecule has 1 radical (unpaired) electrons. The Hall–Kier alpha value is -0.616. The van der Waals surface area contributed by atoms with Crippen LogP contribution in [-0.2, 0) is 43.9 Å². The van der Waals surface area contributed by atoms with E-state index < -0.39 is 5.41 Å². The summed E-state index contributed by atoms with van der Waals surface area (Å²) in [5.41, 5.74) is 2.83. The third-order valence-corrected chi connectivity index (χ3v) is 7.40. The number of benzene rings is 1. The molecular weight excluding hydrogens is 481 g/mol. The second-order valence-corrected chi connectivity index (χ2v) is 9.95. The molecule has 0 aliphatic heterocycles. The van der Waals surface area contributed by atoms with Gasteiger partial charge in [-0.05, 0) is 61.3 Å². The number of aliphatic hydroxyl groups excluding tert-OH is 1. The first kappa shape index (κ1) is 26.6. The zero-order valence-corrected chi connectivity index (χ0v) is 23.0. The molecule has 2 aromatic rings. The quantitative estimate of drug-likeness (QED) is 0.326. The molecule has 0 bridgehead atoms. The molecule has 1 N–H and O–H groups in total. The molecule has 1 aromatic heterocycles. The van der Waals surface area contributed by atoms with Gasteiger partial charge in [-0.25, -0.2) is 0 Å². The third kappa shape index (κ3) is 6.46. The van der Waals surface area contributed by atoms with Crippen molar-refractivity contribution in [3.8, 4) is 0 Å². The van der Waals surface area contributed by atoms with Crippen LogP contribution < -0.4 is 4.90 Å². The molecule has 0 spiro atoms. The molecule has 0 fully saturated rings. The molecule has 1 amide bonds. The molecule has 3 rings (SSSR count). The Morgan fingerprint density at radius 2 is 2.03 bits per heavy atom. The van der Waals surface area contributed by atoms with Crippen LogP contribution in [0.2, 0.25) is 0 Å². The summed E-state index contributed by atoms with van der Waals surface area (Å²) in [6, 6.07) is 6.24. The van der Waals surface area contributed by atoms with E-state index in [9.17, 15) is 9.90 Å². The van der Waals surface area contributed by atoms with E-state index in [2.05, 4.69) is 30.3 Å². The average Bonchev–Trinajstić information content (AvgIpc) is 3.27. The van der Waals surface area contributed by atoms with Crippen molar-refractivity contribution in [3.05, 3.63) is 45.9 Å². The Balaban J connectivity index is 0.00000341. The van der Waals surface area contributed by atoms with Crippen LogP contribution in [0.3, 0.4) is 0 Å². The molecule has 1 aliphatic rings. The number of carbonyl (C=O) groups is 1. The number of amides is 1. The van der Waals surface area contributed by atoms with E-state index in [1.54, 1.807) is 17.5 Å². The minimum Gasteiger partial charge on any atom is -0.388 e. The van der Waals surface area contributed by atoms with E-state index in [0.29, 0.717) is 12.5 Å². The molecule has 2 unspecified atom stereocenters. The summed E-state index contributed by atoms with van der Waals surface area (Å²) >= 11 is 1.57. The average molecular weight is 517 g/mol. The molecule has 0 saturated heterocycles. The van der Waals surface area contributed by atoms with Crippen molar-refractivity contribution in [3.63, 3.8) is 0 Å². The van der Waals surface area contributed by atoms with Crippen molar-refractivity contribution < 1.29 is 42.6 Å². The van der Waals surface area contributed by atoms with E-state index in [4.69, 9.17) is 0 Å². The fourth-order valence-electron chi connectivity index (χ4n) is 4.23. The monoisotopic (exact) mass is 516 g/mol. The van der Waals surface area contributed by atoms with Crippen molar-refractivity contribution in [2.45, 2.75) is 84.7 Å². The third-order valence-electron chi connectivity index (χ3n) is 6.63. The molecule has 6 heteroatoms. The van der Waals surface area contributed by atoms with Crippen molar-refractivity contribution in [2.75, 3.05) is 11.4 Å². The molecule has 1 aliphatic carbocycles. The van der Waals surface area contributed by atoms with Crippen LogP contribution in [0, 0.1) is 10.8 Å². The van der Waals surface area contributed by atoms with Gasteiger partial charge < -0.3 is 26.3 Å². The summed E-state index contributed by atoms with van der Waals surface area (Å²) in [7, 11) is 0. The Morgan fingerprint density at radius 1 is 1.26 bits per heavy atom. The zero-order chi connectivity index (χ0) is 21.7. The van der Waals surface area contributed by atoms with Crippen molar-refractivity contribution in [2.24, 2.45) is 5.41 Å². The number of aryl methyl sites for hydroxylation is 1. The van der Waals surface area contributed by atoms with Crippen LogP contribution in [0.1, 0.15) is 94.4 Å². The Kier molecular flexibility index (Phi) is 10.3. The molecule has 1 aromatic carbocycles. The van der Waals surface area contributed by atoms with Crippen LogP contribution in [0.15, 0.2) is 24.4 Å². The van der Waals surface area contributed by atoms with Crippen LogP contribution in [0.25, 0.3) is 0 Å². The molecular formula is C25H35N2O2SY-. The summed E-state index contributed by atoms with van der Waals surface area (Å²) in [5, 5.41) is 14.6. The first-order chi connectivity index (χ1) is 14.4. The number of thiazole rings is 1. The summed E-state index contributed by atoms with van der Waals surface area (Å²) in [5.74, 6) is 0.637. The number of rotatable bonds is 9. The second kappa shape index (κ2) is 12.0.